The van der Waals surface area contributed by atoms with Gasteiger partial charge in [0.25, 0.3) is 5.69 Å². The van der Waals surface area contributed by atoms with Gasteiger partial charge in [0.2, 0.25) is 21.8 Å². The second-order valence-corrected chi connectivity index (χ2v) is 10.5. The van der Waals surface area contributed by atoms with Gasteiger partial charge in [0.05, 0.1) is 16.9 Å². The van der Waals surface area contributed by atoms with Crippen LogP contribution in [-0.4, -0.2) is 55.4 Å². The van der Waals surface area contributed by atoms with E-state index in [4.69, 9.17) is 23.2 Å². The van der Waals surface area contributed by atoms with Gasteiger partial charge < -0.3 is 10.2 Å². The Morgan fingerprint density at radius 1 is 1.17 bits per heavy atom. The Labute approximate surface area is 214 Å². The highest BCUT2D eigenvalue weighted by atomic mass is 35.5. The fraction of sp³-hybridized carbons (Fsp3) is 0.364. The minimum absolute atomic E-state index is 0.0531. The summed E-state index contributed by atoms with van der Waals surface area (Å²) in [5.74, 6) is -1.13. The summed E-state index contributed by atoms with van der Waals surface area (Å²) in [5, 5.41) is 14.5. The summed E-state index contributed by atoms with van der Waals surface area (Å²) in [6.07, 6.45) is 1.57. The first-order valence-corrected chi connectivity index (χ1v) is 13.2. The van der Waals surface area contributed by atoms with Crippen molar-refractivity contribution in [3.63, 3.8) is 0 Å². The number of benzene rings is 2. The van der Waals surface area contributed by atoms with Crippen LogP contribution >= 0.6 is 23.2 Å². The first-order chi connectivity index (χ1) is 16.3. The number of carbonyl (C=O) groups is 2. The highest BCUT2D eigenvalue weighted by Crippen LogP contribution is 2.25. The number of amides is 2. The van der Waals surface area contributed by atoms with Crippen molar-refractivity contribution < 1.29 is 22.9 Å². The van der Waals surface area contributed by atoms with Crippen LogP contribution in [0.25, 0.3) is 0 Å². The van der Waals surface area contributed by atoms with E-state index in [1.807, 2.05) is 6.92 Å². The molecule has 0 aromatic heterocycles. The van der Waals surface area contributed by atoms with Crippen molar-refractivity contribution in [2.75, 3.05) is 23.7 Å². The molecule has 0 radical (unpaired) electrons. The van der Waals surface area contributed by atoms with E-state index in [0.29, 0.717) is 23.6 Å². The summed E-state index contributed by atoms with van der Waals surface area (Å²) in [4.78, 5) is 37.8. The zero-order valence-electron chi connectivity index (χ0n) is 19.4. The zero-order valence-corrected chi connectivity index (χ0v) is 21.7. The number of nitro benzene ring substituents is 1. The minimum Gasteiger partial charge on any atom is -0.354 e. The van der Waals surface area contributed by atoms with Crippen LogP contribution in [0.5, 0.6) is 0 Å². The predicted octanol–water partition coefficient (Wildman–Crippen LogP) is 3.61. The highest BCUT2D eigenvalue weighted by Gasteiger charge is 2.30. The van der Waals surface area contributed by atoms with Crippen molar-refractivity contribution in [1.82, 2.24) is 10.2 Å². The summed E-state index contributed by atoms with van der Waals surface area (Å²) in [6.45, 7) is 3.02. The van der Waals surface area contributed by atoms with Crippen molar-refractivity contribution >= 4 is 56.4 Å². The van der Waals surface area contributed by atoms with Gasteiger partial charge in [0.1, 0.15) is 12.6 Å². The fourth-order valence-corrected chi connectivity index (χ4v) is 4.50. The predicted molar refractivity (Wildman–Crippen MR) is 135 cm³/mol. The van der Waals surface area contributed by atoms with Crippen LogP contribution in [0.4, 0.5) is 11.4 Å². The molecule has 35 heavy (non-hydrogen) atoms. The van der Waals surface area contributed by atoms with E-state index in [1.54, 1.807) is 12.1 Å². The maximum Gasteiger partial charge on any atom is 0.271 e. The number of nitrogens with one attached hydrogen (secondary N) is 1. The maximum atomic E-state index is 13.4. The van der Waals surface area contributed by atoms with Crippen LogP contribution in [0.15, 0.2) is 42.5 Å². The van der Waals surface area contributed by atoms with E-state index in [1.165, 1.54) is 36.1 Å². The van der Waals surface area contributed by atoms with Gasteiger partial charge in [0.15, 0.2) is 0 Å². The molecule has 0 aliphatic carbocycles. The molecule has 190 valence electrons. The summed E-state index contributed by atoms with van der Waals surface area (Å²) in [6, 6.07) is 8.66. The number of hydrogen-bond acceptors (Lipinski definition) is 6. The monoisotopic (exact) mass is 544 g/mol. The third-order valence-corrected chi connectivity index (χ3v) is 6.81. The minimum atomic E-state index is -4.02. The number of anilines is 1. The average Bonchev–Trinajstić information content (AvgIpc) is 2.79. The largest absolute Gasteiger partial charge is 0.354 e. The molecule has 0 bridgehead atoms. The standard InChI is InChI=1S/C22H26Cl2N4O6S/c1-4-10-25-22(30)15(2)26(13-16-8-9-17(23)11-20(16)24)21(29)14-27(35(3,33)34)18-6-5-7-19(12-18)28(31)32/h5-9,11-12,15H,4,10,13-14H2,1-3H3,(H,25,30)/t15-/m0/s1. The number of sulfonamides is 1. The molecule has 0 fully saturated rings. The van der Waals surface area contributed by atoms with Gasteiger partial charge in [-0.05, 0) is 37.1 Å². The van der Waals surface area contributed by atoms with Gasteiger partial charge in [-0.3, -0.25) is 24.0 Å². The molecule has 2 aromatic carbocycles. The third-order valence-electron chi connectivity index (χ3n) is 5.08. The Hall–Kier alpha value is -2.89. The van der Waals surface area contributed by atoms with Gasteiger partial charge in [-0.25, -0.2) is 8.42 Å². The lowest BCUT2D eigenvalue weighted by atomic mass is 10.1. The quantitative estimate of drug-likeness (QED) is 0.339. The molecule has 13 heteroatoms. The Morgan fingerprint density at radius 3 is 2.43 bits per heavy atom. The molecule has 0 unspecified atom stereocenters. The first-order valence-electron chi connectivity index (χ1n) is 10.6. The molecule has 0 saturated heterocycles. The van der Waals surface area contributed by atoms with E-state index in [9.17, 15) is 28.1 Å². The van der Waals surface area contributed by atoms with Gasteiger partial charge in [-0.15, -0.1) is 0 Å². The molecule has 0 heterocycles. The highest BCUT2D eigenvalue weighted by molar-refractivity contribution is 7.92. The fourth-order valence-electron chi connectivity index (χ4n) is 3.19. The van der Waals surface area contributed by atoms with Crippen LogP contribution in [-0.2, 0) is 26.2 Å². The molecule has 2 rings (SSSR count). The summed E-state index contributed by atoms with van der Waals surface area (Å²) in [7, 11) is -4.02. The van der Waals surface area contributed by atoms with Crippen LogP contribution < -0.4 is 9.62 Å². The maximum absolute atomic E-state index is 13.4. The topological polar surface area (TPSA) is 130 Å². The van der Waals surface area contributed by atoms with Gasteiger partial charge in [0, 0.05) is 35.3 Å². The SMILES string of the molecule is CCCNC(=O)[C@H](C)N(Cc1ccc(Cl)cc1Cl)C(=O)CN(c1cccc([N+](=O)[O-])c1)S(C)(=O)=O. The lowest BCUT2D eigenvalue weighted by Crippen LogP contribution is -2.51. The zero-order chi connectivity index (χ0) is 26.3. The first kappa shape index (κ1) is 28.3. The van der Waals surface area contributed by atoms with Crippen molar-refractivity contribution in [3.8, 4) is 0 Å². The van der Waals surface area contributed by atoms with Crippen LogP contribution in [0.3, 0.4) is 0 Å². The molecule has 1 atom stereocenters. The van der Waals surface area contributed by atoms with Crippen LogP contribution in [0.2, 0.25) is 10.0 Å². The van der Waals surface area contributed by atoms with Gasteiger partial charge in [-0.2, -0.15) is 0 Å². The van der Waals surface area contributed by atoms with Gasteiger partial charge >= 0.3 is 0 Å². The van der Waals surface area contributed by atoms with Crippen molar-refractivity contribution in [2.45, 2.75) is 32.9 Å². The lowest BCUT2D eigenvalue weighted by molar-refractivity contribution is -0.384. The number of nitro groups is 1. The van der Waals surface area contributed by atoms with E-state index in [0.717, 1.165) is 16.6 Å². The Balaban J connectivity index is 2.44. The third kappa shape index (κ3) is 7.81. The molecule has 0 aliphatic rings. The van der Waals surface area contributed by atoms with Crippen molar-refractivity contribution in [3.05, 3.63) is 68.2 Å². The number of hydrogen-bond donors (Lipinski definition) is 1. The molecule has 1 N–H and O–H groups in total. The van der Waals surface area contributed by atoms with Gasteiger partial charge in [-0.1, -0.05) is 42.3 Å². The number of halogens is 2. The van der Waals surface area contributed by atoms with Crippen LogP contribution in [0, 0.1) is 10.1 Å². The number of non-ortho nitro benzene ring substituents is 1. The molecule has 2 aromatic rings. The molecule has 0 spiro atoms. The Bertz CT molecular complexity index is 1210. The van der Waals surface area contributed by atoms with Crippen molar-refractivity contribution in [2.24, 2.45) is 0 Å². The Morgan fingerprint density at radius 2 is 1.86 bits per heavy atom. The van der Waals surface area contributed by atoms with Crippen LogP contribution in [0.1, 0.15) is 25.8 Å². The molecule has 10 nitrogen and oxygen atoms in total. The normalized spacial score (nSPS) is 12.0. The summed E-state index contributed by atoms with van der Waals surface area (Å²) < 4.78 is 25.8. The average molecular weight is 545 g/mol. The molecular weight excluding hydrogens is 519 g/mol. The smallest absolute Gasteiger partial charge is 0.271 e. The second kappa shape index (κ2) is 12.2. The van der Waals surface area contributed by atoms with E-state index in [2.05, 4.69) is 5.32 Å². The lowest BCUT2D eigenvalue weighted by Gasteiger charge is -2.31. The second-order valence-electron chi connectivity index (χ2n) is 7.77. The van der Waals surface area contributed by atoms with E-state index >= 15 is 0 Å². The van der Waals surface area contributed by atoms with E-state index in [-0.39, 0.29) is 22.9 Å². The molecular formula is C22H26Cl2N4O6S. The Kier molecular flexibility index (Phi) is 9.87. The molecule has 0 saturated carbocycles. The molecule has 0 aliphatic heterocycles. The number of nitrogens with zero attached hydrogens (tertiary/aromatic N) is 3. The summed E-state index contributed by atoms with van der Waals surface area (Å²) >= 11 is 12.2. The summed E-state index contributed by atoms with van der Waals surface area (Å²) in [5.41, 5.74) is 0.115. The van der Waals surface area contributed by atoms with Crippen molar-refractivity contribution in [1.29, 1.82) is 0 Å². The molecule has 2 amide bonds. The van der Waals surface area contributed by atoms with E-state index < -0.39 is 39.3 Å². The number of rotatable bonds is 11. The number of carbonyl (C=O) groups excluding carboxylic acids is 2.